The molecule has 18 heavy (non-hydrogen) atoms. The van der Waals surface area contributed by atoms with Gasteiger partial charge in [-0.3, -0.25) is 4.79 Å². The smallest absolute Gasteiger partial charge is 0.319 e. The summed E-state index contributed by atoms with van der Waals surface area (Å²) in [6.07, 6.45) is 2.02. The maximum absolute atomic E-state index is 11.8. The van der Waals surface area contributed by atoms with Crippen molar-refractivity contribution in [1.82, 2.24) is 19.6 Å². The van der Waals surface area contributed by atoms with Crippen LogP contribution in [-0.4, -0.2) is 51.8 Å². The highest BCUT2D eigenvalue weighted by atomic mass is 16.2. The molecule has 1 aromatic heterocycles. The number of hydrogen-bond acceptors (Lipinski definition) is 3. The monoisotopic (exact) mass is 246 g/mol. The van der Waals surface area contributed by atoms with E-state index in [1.165, 1.54) is 10.7 Å². The van der Waals surface area contributed by atoms with Crippen LogP contribution in [0.3, 0.4) is 0 Å². The number of urea groups is 1. The molecule has 2 amide bonds. The van der Waals surface area contributed by atoms with Gasteiger partial charge in [0.25, 0.3) is 5.56 Å². The molecule has 6 nitrogen and oxygen atoms in total. The van der Waals surface area contributed by atoms with Crippen molar-refractivity contribution in [3.8, 4) is 0 Å². The van der Waals surface area contributed by atoms with E-state index >= 15 is 0 Å². The average molecular weight is 246 g/mol. The molecule has 0 aliphatic carbocycles. The Morgan fingerprint density at radius 1 is 1.28 bits per heavy atom. The van der Waals surface area contributed by atoms with Crippen molar-refractivity contribution in [2.75, 3.05) is 20.1 Å². The zero-order valence-electron chi connectivity index (χ0n) is 10.3. The minimum Gasteiger partial charge on any atom is -0.319 e. The first-order valence-electron chi connectivity index (χ1n) is 5.84. The van der Waals surface area contributed by atoms with Crippen LogP contribution in [0, 0.1) is 0 Å². The summed E-state index contributed by atoms with van der Waals surface area (Å²) in [6, 6.07) is 3.32. The van der Waals surface area contributed by atoms with E-state index < -0.39 is 0 Å². The lowest BCUT2D eigenvalue weighted by Gasteiger charge is -2.23. The molecule has 3 heterocycles. The Kier molecular flexibility index (Phi) is 2.26. The number of carbonyl (C=O) groups is 1. The predicted octanol–water partition coefficient (Wildman–Crippen LogP) is -0.0867. The highest BCUT2D eigenvalue weighted by Gasteiger charge is 2.39. The minimum absolute atomic E-state index is 0.0382. The fourth-order valence-electron chi connectivity index (χ4n) is 2.50. The summed E-state index contributed by atoms with van der Waals surface area (Å²) in [6.45, 7) is 1.31. The number of fused-ring (bicyclic) bond motifs is 2. The van der Waals surface area contributed by atoms with E-state index in [1.54, 1.807) is 30.0 Å². The second-order valence-corrected chi connectivity index (χ2v) is 4.65. The van der Waals surface area contributed by atoms with Crippen LogP contribution >= 0.6 is 0 Å². The fourth-order valence-corrected chi connectivity index (χ4v) is 2.50. The van der Waals surface area contributed by atoms with Crippen LogP contribution in [0.2, 0.25) is 0 Å². The first-order chi connectivity index (χ1) is 8.58. The van der Waals surface area contributed by atoms with E-state index in [0.717, 1.165) is 11.3 Å². The number of hydrogen-bond donors (Lipinski definition) is 0. The number of rotatable bonds is 1. The SMILES string of the molecule is CN1C(=O)N2CC=C(c3ccc(=O)n(C)n3)C1C2. The molecular weight excluding hydrogens is 232 g/mol. The van der Waals surface area contributed by atoms with Gasteiger partial charge in [-0.25, -0.2) is 9.48 Å². The molecule has 0 saturated carbocycles. The van der Waals surface area contributed by atoms with Crippen LogP contribution in [0.1, 0.15) is 5.69 Å². The van der Waals surface area contributed by atoms with Gasteiger partial charge in [-0.2, -0.15) is 5.10 Å². The molecule has 2 aliphatic heterocycles. The molecular formula is C12H14N4O2. The van der Waals surface area contributed by atoms with Gasteiger partial charge in [-0.1, -0.05) is 6.08 Å². The van der Waals surface area contributed by atoms with Crippen molar-refractivity contribution in [1.29, 1.82) is 0 Å². The molecule has 6 heteroatoms. The van der Waals surface area contributed by atoms with Gasteiger partial charge in [0.05, 0.1) is 11.7 Å². The summed E-state index contributed by atoms with van der Waals surface area (Å²) in [5.41, 5.74) is 1.66. The van der Waals surface area contributed by atoms with Crippen molar-refractivity contribution in [2.24, 2.45) is 7.05 Å². The van der Waals surface area contributed by atoms with Gasteiger partial charge >= 0.3 is 6.03 Å². The van der Waals surface area contributed by atoms with E-state index in [-0.39, 0.29) is 17.6 Å². The lowest BCUT2D eigenvalue weighted by Crippen LogP contribution is -2.31. The molecule has 1 aromatic rings. The molecule has 0 spiro atoms. The van der Waals surface area contributed by atoms with Crippen LogP contribution in [0.4, 0.5) is 4.79 Å². The predicted molar refractivity (Wildman–Crippen MR) is 66.0 cm³/mol. The van der Waals surface area contributed by atoms with Crippen molar-refractivity contribution >= 4 is 11.6 Å². The van der Waals surface area contributed by atoms with E-state index in [4.69, 9.17) is 0 Å². The molecule has 0 N–H and O–H groups in total. The lowest BCUT2D eigenvalue weighted by molar-refractivity contribution is 0.202. The average Bonchev–Trinajstić information content (AvgIpc) is 2.59. The zero-order chi connectivity index (χ0) is 12.9. The van der Waals surface area contributed by atoms with Crippen LogP contribution in [-0.2, 0) is 7.05 Å². The Labute approximate surface area is 104 Å². The van der Waals surface area contributed by atoms with E-state index in [1.807, 2.05) is 6.08 Å². The van der Waals surface area contributed by atoms with Crippen LogP contribution in [0.15, 0.2) is 23.0 Å². The summed E-state index contributed by atoms with van der Waals surface area (Å²) in [5.74, 6) is 0. The number of nitrogens with zero attached hydrogens (tertiary/aromatic N) is 4. The molecule has 0 aromatic carbocycles. The Morgan fingerprint density at radius 3 is 2.78 bits per heavy atom. The molecule has 1 fully saturated rings. The van der Waals surface area contributed by atoms with Crippen molar-refractivity contribution < 1.29 is 4.79 Å². The molecule has 1 unspecified atom stereocenters. The second kappa shape index (κ2) is 3.69. The summed E-state index contributed by atoms with van der Waals surface area (Å²) in [4.78, 5) is 26.7. The molecule has 1 atom stereocenters. The highest BCUT2D eigenvalue weighted by Crippen LogP contribution is 2.29. The Bertz CT molecular complexity index is 604. The van der Waals surface area contributed by atoms with E-state index in [0.29, 0.717) is 13.1 Å². The second-order valence-electron chi connectivity index (χ2n) is 4.65. The van der Waals surface area contributed by atoms with Crippen LogP contribution in [0.25, 0.3) is 5.57 Å². The maximum Gasteiger partial charge on any atom is 0.320 e. The molecule has 1 saturated heterocycles. The van der Waals surface area contributed by atoms with Gasteiger partial charge in [-0.05, 0) is 6.07 Å². The third-order valence-electron chi connectivity index (χ3n) is 3.58. The molecule has 2 aliphatic rings. The number of amides is 2. The lowest BCUT2D eigenvalue weighted by atomic mass is 10.0. The van der Waals surface area contributed by atoms with Crippen LogP contribution < -0.4 is 5.56 Å². The van der Waals surface area contributed by atoms with Gasteiger partial charge in [0, 0.05) is 38.8 Å². The standard InChI is InChI=1S/C12H14N4O2/c1-14-10-7-16(12(14)18)6-5-8(10)9-3-4-11(17)15(2)13-9/h3-5,10H,6-7H2,1-2H3. The van der Waals surface area contributed by atoms with E-state index in [9.17, 15) is 9.59 Å². The molecule has 3 rings (SSSR count). The largest absolute Gasteiger partial charge is 0.320 e. The first kappa shape index (κ1) is 11.0. The third kappa shape index (κ3) is 1.45. The number of aromatic nitrogens is 2. The summed E-state index contributed by atoms with van der Waals surface area (Å²) >= 11 is 0. The number of likely N-dealkylation sites (N-methyl/N-ethyl adjacent to an activating group) is 1. The summed E-state index contributed by atoms with van der Waals surface area (Å²) in [5, 5.41) is 4.25. The topological polar surface area (TPSA) is 58.4 Å². The fraction of sp³-hybridized carbons (Fsp3) is 0.417. The highest BCUT2D eigenvalue weighted by molar-refractivity contribution is 5.84. The summed E-state index contributed by atoms with van der Waals surface area (Å²) in [7, 11) is 3.43. The summed E-state index contributed by atoms with van der Waals surface area (Å²) < 4.78 is 1.32. The Morgan fingerprint density at radius 2 is 2.06 bits per heavy atom. The van der Waals surface area contributed by atoms with Gasteiger partial charge in [-0.15, -0.1) is 0 Å². The van der Waals surface area contributed by atoms with Gasteiger partial charge in [0.2, 0.25) is 0 Å². The van der Waals surface area contributed by atoms with Crippen molar-refractivity contribution in [3.05, 3.63) is 34.3 Å². The first-order valence-corrected chi connectivity index (χ1v) is 5.84. The van der Waals surface area contributed by atoms with Gasteiger partial charge < -0.3 is 9.80 Å². The number of carbonyl (C=O) groups excluding carboxylic acids is 1. The Hall–Kier alpha value is -2.11. The molecule has 2 bridgehead atoms. The molecule has 94 valence electrons. The maximum atomic E-state index is 11.8. The normalized spacial score (nSPS) is 22.4. The zero-order valence-corrected chi connectivity index (χ0v) is 10.3. The van der Waals surface area contributed by atoms with Gasteiger partial charge in [0.15, 0.2) is 0 Å². The van der Waals surface area contributed by atoms with Crippen LogP contribution in [0.5, 0.6) is 0 Å². The Balaban J connectivity index is 2.02. The van der Waals surface area contributed by atoms with Crippen molar-refractivity contribution in [3.63, 3.8) is 0 Å². The van der Waals surface area contributed by atoms with Crippen molar-refractivity contribution in [2.45, 2.75) is 6.04 Å². The van der Waals surface area contributed by atoms with Gasteiger partial charge in [0.1, 0.15) is 0 Å². The number of aryl methyl sites for hydroxylation is 1. The molecule has 0 radical (unpaired) electrons. The van der Waals surface area contributed by atoms with E-state index in [2.05, 4.69) is 5.10 Å². The minimum atomic E-state index is -0.132. The third-order valence-corrected chi connectivity index (χ3v) is 3.58. The quantitative estimate of drug-likeness (QED) is 0.696.